The number of hydrogen-bond donors (Lipinski definition) is 1. The molecule has 1 N–H and O–H groups in total. The van der Waals surface area contributed by atoms with Crippen molar-refractivity contribution in [2.45, 2.75) is 6.42 Å². The first-order valence-electron chi connectivity index (χ1n) is 6.85. The fraction of sp³-hybridized carbons (Fsp3) is 0.400. The summed E-state index contributed by atoms with van der Waals surface area (Å²) in [5.41, 5.74) is 1.03. The van der Waals surface area contributed by atoms with E-state index in [1.807, 2.05) is 0 Å². The summed E-state index contributed by atoms with van der Waals surface area (Å²) in [5.74, 6) is -0.638. The highest BCUT2D eigenvalue weighted by atomic mass is 16.5. The highest BCUT2D eigenvalue weighted by Crippen LogP contribution is 2.32. The molecule has 0 radical (unpaired) electrons. The molecule has 0 aromatic heterocycles. The number of hydrogen-bond acceptors (Lipinski definition) is 5. The average molecular weight is 306 g/mol. The molecule has 0 saturated heterocycles. The number of amides is 1. The van der Waals surface area contributed by atoms with E-state index in [0.29, 0.717) is 23.5 Å². The molecule has 1 amide bonds. The first-order valence-corrected chi connectivity index (χ1v) is 6.85. The second-order valence-corrected chi connectivity index (χ2v) is 5.23. The number of aliphatic carboxylic acids is 1. The number of nitrogens with zero attached hydrogens (tertiary/aromatic N) is 2. The van der Waals surface area contributed by atoms with E-state index in [1.54, 1.807) is 37.2 Å². The predicted molar refractivity (Wildman–Crippen MR) is 79.4 cm³/mol. The maximum absolute atomic E-state index is 12.2. The molecule has 1 aromatic rings. The van der Waals surface area contributed by atoms with Gasteiger partial charge in [-0.25, -0.2) is 0 Å². The summed E-state index contributed by atoms with van der Waals surface area (Å²) in [4.78, 5) is 37.5. The molecule has 1 heterocycles. The molecule has 0 spiro atoms. The number of rotatable bonds is 6. The van der Waals surface area contributed by atoms with Gasteiger partial charge in [-0.2, -0.15) is 0 Å². The van der Waals surface area contributed by atoms with Gasteiger partial charge in [0, 0.05) is 19.2 Å². The Balaban J connectivity index is 2.08. The van der Waals surface area contributed by atoms with Crippen LogP contribution in [0.3, 0.4) is 0 Å². The summed E-state index contributed by atoms with van der Waals surface area (Å²) >= 11 is 0. The predicted octanol–water partition coefficient (Wildman–Crippen LogP) is 0.631. The van der Waals surface area contributed by atoms with E-state index in [-0.39, 0.29) is 31.3 Å². The Morgan fingerprint density at radius 3 is 2.82 bits per heavy atom. The number of carbonyl (C=O) groups excluding carboxylic acids is 2. The lowest BCUT2D eigenvalue weighted by molar-refractivity contribution is -0.137. The third-order valence-electron chi connectivity index (χ3n) is 3.49. The first kappa shape index (κ1) is 16.0. The van der Waals surface area contributed by atoms with Crippen LogP contribution in [-0.2, 0) is 9.59 Å². The van der Waals surface area contributed by atoms with Gasteiger partial charge in [0.1, 0.15) is 5.75 Å². The van der Waals surface area contributed by atoms with Crippen molar-refractivity contribution < 1.29 is 24.2 Å². The smallest absolute Gasteiger partial charge is 0.304 e. The van der Waals surface area contributed by atoms with E-state index < -0.39 is 5.97 Å². The number of likely N-dealkylation sites (N-methyl/N-ethyl adjacent to an activating group) is 2. The highest BCUT2D eigenvalue weighted by Gasteiger charge is 2.23. The number of benzene rings is 1. The third-order valence-corrected chi connectivity index (χ3v) is 3.49. The molecule has 1 aliphatic heterocycles. The molecule has 2 rings (SSSR count). The lowest BCUT2D eigenvalue weighted by Gasteiger charge is -2.26. The van der Waals surface area contributed by atoms with Gasteiger partial charge in [0.25, 0.3) is 5.91 Å². The van der Waals surface area contributed by atoms with Gasteiger partial charge in [-0.15, -0.1) is 0 Å². The Morgan fingerprint density at radius 2 is 2.14 bits per heavy atom. The third kappa shape index (κ3) is 3.62. The number of carboxylic acids is 1. The van der Waals surface area contributed by atoms with E-state index in [4.69, 9.17) is 9.84 Å². The molecule has 1 aromatic carbocycles. The first-order chi connectivity index (χ1) is 10.4. The Bertz CT molecular complexity index is 614. The summed E-state index contributed by atoms with van der Waals surface area (Å²) in [6.45, 7) is 0.410. The Labute approximate surface area is 128 Å². The van der Waals surface area contributed by atoms with Crippen LogP contribution in [0, 0.1) is 0 Å². The number of ether oxygens (including phenoxy) is 1. The molecule has 0 bridgehead atoms. The van der Waals surface area contributed by atoms with E-state index in [1.165, 1.54) is 4.90 Å². The zero-order chi connectivity index (χ0) is 16.3. The lowest BCUT2D eigenvalue weighted by Crippen LogP contribution is -2.35. The Morgan fingerprint density at radius 1 is 1.41 bits per heavy atom. The van der Waals surface area contributed by atoms with E-state index in [9.17, 15) is 14.4 Å². The fourth-order valence-corrected chi connectivity index (χ4v) is 2.15. The summed E-state index contributed by atoms with van der Waals surface area (Å²) in [6.07, 6.45) is -0.0148. The van der Waals surface area contributed by atoms with E-state index in [2.05, 4.69) is 0 Å². The molecule has 7 nitrogen and oxygen atoms in total. The van der Waals surface area contributed by atoms with Crippen molar-refractivity contribution in [2.75, 3.05) is 38.7 Å². The van der Waals surface area contributed by atoms with Gasteiger partial charge in [0.15, 0.2) is 12.4 Å². The van der Waals surface area contributed by atoms with Crippen molar-refractivity contribution in [3.8, 4) is 5.75 Å². The van der Waals surface area contributed by atoms with Crippen molar-refractivity contribution in [2.24, 2.45) is 0 Å². The normalized spacial score (nSPS) is 13.8. The lowest BCUT2D eigenvalue weighted by atomic mass is 10.1. The van der Waals surface area contributed by atoms with Gasteiger partial charge in [-0.3, -0.25) is 19.3 Å². The summed E-state index contributed by atoms with van der Waals surface area (Å²) in [5, 5.41) is 8.64. The number of ketones is 1. The molecule has 22 heavy (non-hydrogen) atoms. The molecule has 1 aliphatic rings. The van der Waals surface area contributed by atoms with Crippen LogP contribution in [0.1, 0.15) is 16.8 Å². The van der Waals surface area contributed by atoms with Gasteiger partial charge < -0.3 is 14.7 Å². The van der Waals surface area contributed by atoms with E-state index in [0.717, 1.165) is 0 Å². The van der Waals surface area contributed by atoms with Gasteiger partial charge in [0.05, 0.1) is 18.7 Å². The molecule has 7 heteroatoms. The van der Waals surface area contributed by atoms with Crippen molar-refractivity contribution in [3.63, 3.8) is 0 Å². The average Bonchev–Trinajstić information content (AvgIpc) is 2.48. The van der Waals surface area contributed by atoms with Gasteiger partial charge in [0.2, 0.25) is 0 Å². The van der Waals surface area contributed by atoms with Gasteiger partial charge in [-0.1, -0.05) is 0 Å². The van der Waals surface area contributed by atoms with Crippen LogP contribution in [0.15, 0.2) is 18.2 Å². The molecule has 0 aliphatic carbocycles. The topological polar surface area (TPSA) is 87.2 Å². The van der Waals surface area contributed by atoms with Gasteiger partial charge in [-0.05, 0) is 25.2 Å². The minimum Gasteiger partial charge on any atom is -0.482 e. The zero-order valence-electron chi connectivity index (χ0n) is 12.5. The van der Waals surface area contributed by atoms with Crippen LogP contribution < -0.4 is 9.64 Å². The second-order valence-electron chi connectivity index (χ2n) is 5.23. The van der Waals surface area contributed by atoms with Crippen LogP contribution in [0.25, 0.3) is 0 Å². The number of carboxylic acid groups (broad SMARTS) is 1. The summed E-state index contributed by atoms with van der Waals surface area (Å²) in [6, 6.07) is 4.94. The molecule has 0 atom stereocenters. The largest absolute Gasteiger partial charge is 0.482 e. The number of anilines is 1. The van der Waals surface area contributed by atoms with Gasteiger partial charge >= 0.3 is 5.97 Å². The van der Waals surface area contributed by atoms with Crippen LogP contribution >= 0.6 is 0 Å². The minimum atomic E-state index is -0.898. The molecule has 0 fully saturated rings. The number of fused-ring (bicyclic) bond motifs is 1. The monoisotopic (exact) mass is 306 g/mol. The molecule has 0 saturated carbocycles. The Hall–Kier alpha value is -2.41. The maximum Gasteiger partial charge on any atom is 0.304 e. The van der Waals surface area contributed by atoms with Crippen LogP contribution in [-0.4, -0.2) is 61.5 Å². The molecular weight excluding hydrogens is 288 g/mol. The zero-order valence-corrected chi connectivity index (χ0v) is 12.5. The molecule has 0 unspecified atom stereocenters. The summed E-state index contributed by atoms with van der Waals surface area (Å²) in [7, 11) is 3.33. The second kappa shape index (κ2) is 6.57. The van der Waals surface area contributed by atoms with Crippen LogP contribution in [0.5, 0.6) is 5.75 Å². The number of Topliss-reactive ketones (excluding diaryl/α,β-unsaturated/α-hetero) is 1. The highest BCUT2D eigenvalue weighted by molar-refractivity contribution is 6.02. The minimum absolute atomic E-state index is 0.00524. The van der Waals surface area contributed by atoms with Crippen molar-refractivity contribution in [1.82, 2.24) is 4.90 Å². The SMILES string of the molecule is CN(CCC(=O)O)CC(=O)c1ccc2c(c1)N(C)C(=O)CO2. The van der Waals surface area contributed by atoms with Crippen molar-refractivity contribution >= 4 is 23.3 Å². The fourth-order valence-electron chi connectivity index (χ4n) is 2.15. The Kier molecular flexibility index (Phi) is 4.77. The quantitative estimate of drug-likeness (QED) is 0.776. The standard InChI is InChI=1S/C15H18N2O5/c1-16(6-5-15(20)21)8-12(18)10-3-4-13-11(7-10)17(2)14(19)9-22-13/h3-4,7H,5-6,8-9H2,1-2H3,(H,20,21). The van der Waals surface area contributed by atoms with Crippen LogP contribution in [0.2, 0.25) is 0 Å². The van der Waals surface area contributed by atoms with Crippen molar-refractivity contribution in [3.05, 3.63) is 23.8 Å². The number of carbonyl (C=O) groups is 3. The van der Waals surface area contributed by atoms with Crippen LogP contribution in [0.4, 0.5) is 5.69 Å². The van der Waals surface area contributed by atoms with Crippen molar-refractivity contribution in [1.29, 1.82) is 0 Å². The summed E-state index contributed by atoms with van der Waals surface area (Å²) < 4.78 is 5.31. The maximum atomic E-state index is 12.2. The molecular formula is C15H18N2O5. The molecule has 118 valence electrons. The van der Waals surface area contributed by atoms with E-state index >= 15 is 0 Å².